The predicted octanol–water partition coefficient (Wildman–Crippen LogP) is 3.99. The first kappa shape index (κ1) is 18.9. The fourth-order valence-electron chi connectivity index (χ4n) is 3.76. The summed E-state index contributed by atoms with van der Waals surface area (Å²) in [5, 5.41) is 5.65. The molecule has 3 aromatic carbocycles. The maximum Gasteiger partial charge on any atom is 0.246 e. The van der Waals surface area contributed by atoms with Gasteiger partial charge >= 0.3 is 0 Å². The van der Waals surface area contributed by atoms with E-state index in [2.05, 4.69) is 34.9 Å². The van der Waals surface area contributed by atoms with Gasteiger partial charge in [0.05, 0.1) is 5.41 Å². The summed E-state index contributed by atoms with van der Waals surface area (Å²) in [6, 6.07) is 26.9. The number of hydrogen-bond acceptors (Lipinski definition) is 2. The minimum atomic E-state index is -0.705. The molecule has 0 radical (unpaired) electrons. The highest BCUT2D eigenvalue weighted by Gasteiger charge is 2.52. The van der Waals surface area contributed by atoms with Gasteiger partial charge in [-0.15, -0.1) is 0 Å². The molecule has 1 saturated carbocycles. The number of carbonyl (C=O) groups is 2. The highest BCUT2D eigenvalue weighted by atomic mass is 16.2. The number of benzene rings is 3. The summed E-state index contributed by atoms with van der Waals surface area (Å²) < 4.78 is 0. The van der Waals surface area contributed by atoms with Crippen LogP contribution in [-0.4, -0.2) is 18.9 Å². The molecule has 3 aromatic rings. The van der Waals surface area contributed by atoms with Gasteiger partial charge in [-0.1, -0.05) is 84.9 Å². The van der Waals surface area contributed by atoms with Crippen LogP contribution in [0.5, 0.6) is 0 Å². The summed E-state index contributed by atoms with van der Waals surface area (Å²) >= 11 is 0. The fraction of sp³-hybridized carbons (Fsp3) is 0.200. The molecule has 0 heterocycles. The van der Waals surface area contributed by atoms with E-state index in [1.165, 1.54) is 0 Å². The molecule has 0 aromatic heterocycles. The van der Waals surface area contributed by atoms with Crippen LogP contribution in [0, 0.1) is 0 Å². The average molecular weight is 384 g/mol. The molecule has 2 amide bonds. The number of rotatable bonds is 6. The normalized spacial score (nSPS) is 15.2. The molecule has 1 atom stereocenters. The first-order chi connectivity index (χ1) is 14.1. The second-order valence-electron chi connectivity index (χ2n) is 7.46. The summed E-state index contributed by atoms with van der Waals surface area (Å²) in [7, 11) is 1.58. The third-order valence-electron chi connectivity index (χ3n) is 5.62. The minimum Gasteiger partial charge on any atom is -0.357 e. The summed E-state index contributed by atoms with van der Waals surface area (Å²) in [6.45, 7) is 0. The molecule has 1 fully saturated rings. The Morgan fingerprint density at radius 1 is 0.828 bits per heavy atom. The molecule has 0 bridgehead atoms. The lowest BCUT2D eigenvalue weighted by Crippen LogP contribution is -2.43. The van der Waals surface area contributed by atoms with Crippen LogP contribution in [0.2, 0.25) is 0 Å². The van der Waals surface area contributed by atoms with Crippen LogP contribution in [0.15, 0.2) is 84.9 Å². The van der Waals surface area contributed by atoms with Crippen molar-refractivity contribution in [3.63, 3.8) is 0 Å². The lowest BCUT2D eigenvalue weighted by atomic mass is 9.91. The third-order valence-corrected chi connectivity index (χ3v) is 5.62. The number of carbonyl (C=O) groups excluding carboxylic acids is 2. The molecule has 1 aliphatic carbocycles. The SMILES string of the molecule is CNC(=O)C(NC(=O)C1(c2cccc(-c3ccccc3)c2)CC1)c1ccccc1. The first-order valence-electron chi connectivity index (χ1n) is 9.87. The van der Waals surface area contributed by atoms with E-state index in [0.29, 0.717) is 0 Å². The Balaban J connectivity index is 1.61. The zero-order chi connectivity index (χ0) is 20.3. The average Bonchev–Trinajstić information content (AvgIpc) is 3.60. The van der Waals surface area contributed by atoms with E-state index < -0.39 is 11.5 Å². The maximum atomic E-state index is 13.3. The Bertz CT molecular complexity index is 1010. The third kappa shape index (κ3) is 3.79. The van der Waals surface area contributed by atoms with Gasteiger partial charge in [0.15, 0.2) is 0 Å². The standard InChI is InChI=1S/C25H24N2O2/c1-26-23(28)22(19-11-6-3-7-12-19)27-24(29)25(15-16-25)21-14-8-13-20(17-21)18-9-4-2-5-10-18/h2-14,17,22H,15-16H2,1H3,(H,26,28)(H,27,29). The molecule has 1 aliphatic rings. The van der Waals surface area contributed by atoms with Gasteiger partial charge in [0.2, 0.25) is 11.8 Å². The number of likely N-dealkylation sites (N-methyl/N-ethyl adjacent to an activating group) is 1. The largest absolute Gasteiger partial charge is 0.357 e. The smallest absolute Gasteiger partial charge is 0.246 e. The van der Waals surface area contributed by atoms with Gasteiger partial charge in [-0.05, 0) is 35.1 Å². The fourth-order valence-corrected chi connectivity index (χ4v) is 3.76. The molecule has 29 heavy (non-hydrogen) atoms. The lowest BCUT2D eigenvalue weighted by Gasteiger charge is -2.22. The summed E-state index contributed by atoms with van der Waals surface area (Å²) in [5.41, 5.74) is 3.42. The Morgan fingerprint density at radius 2 is 1.45 bits per heavy atom. The van der Waals surface area contributed by atoms with Crippen LogP contribution in [0.3, 0.4) is 0 Å². The van der Waals surface area contributed by atoms with Crippen molar-refractivity contribution in [1.29, 1.82) is 0 Å². The molecule has 4 heteroatoms. The van der Waals surface area contributed by atoms with E-state index in [-0.39, 0.29) is 11.8 Å². The quantitative estimate of drug-likeness (QED) is 0.675. The van der Waals surface area contributed by atoms with Crippen molar-refractivity contribution >= 4 is 11.8 Å². The van der Waals surface area contributed by atoms with Crippen molar-refractivity contribution in [2.45, 2.75) is 24.3 Å². The van der Waals surface area contributed by atoms with E-state index >= 15 is 0 Å². The van der Waals surface area contributed by atoms with E-state index in [4.69, 9.17) is 0 Å². The minimum absolute atomic E-state index is 0.0971. The van der Waals surface area contributed by atoms with E-state index in [0.717, 1.165) is 35.1 Å². The Kier molecular flexibility index (Phi) is 5.17. The highest BCUT2D eigenvalue weighted by molar-refractivity contribution is 5.95. The van der Waals surface area contributed by atoms with Crippen molar-refractivity contribution in [2.24, 2.45) is 0 Å². The van der Waals surface area contributed by atoms with Crippen molar-refractivity contribution in [1.82, 2.24) is 10.6 Å². The zero-order valence-corrected chi connectivity index (χ0v) is 16.4. The molecular weight excluding hydrogens is 360 g/mol. The Hall–Kier alpha value is -3.40. The van der Waals surface area contributed by atoms with Gasteiger partial charge in [0.1, 0.15) is 6.04 Å². The second-order valence-corrected chi connectivity index (χ2v) is 7.46. The maximum absolute atomic E-state index is 13.3. The van der Waals surface area contributed by atoms with Crippen LogP contribution < -0.4 is 10.6 Å². The summed E-state index contributed by atoms with van der Waals surface area (Å²) in [5.74, 6) is -0.321. The number of nitrogens with one attached hydrogen (secondary N) is 2. The molecule has 2 N–H and O–H groups in total. The van der Waals surface area contributed by atoms with Gasteiger partial charge < -0.3 is 10.6 Å². The van der Waals surface area contributed by atoms with Crippen molar-refractivity contribution < 1.29 is 9.59 Å². The van der Waals surface area contributed by atoms with Gasteiger partial charge in [-0.3, -0.25) is 9.59 Å². The summed E-state index contributed by atoms with van der Waals surface area (Å²) in [6.07, 6.45) is 1.57. The summed E-state index contributed by atoms with van der Waals surface area (Å²) in [4.78, 5) is 25.7. The van der Waals surface area contributed by atoms with Crippen LogP contribution >= 0.6 is 0 Å². The van der Waals surface area contributed by atoms with Gasteiger partial charge in [-0.2, -0.15) is 0 Å². The molecular formula is C25H24N2O2. The Morgan fingerprint density at radius 3 is 2.07 bits per heavy atom. The number of hydrogen-bond donors (Lipinski definition) is 2. The van der Waals surface area contributed by atoms with Gasteiger partial charge in [-0.25, -0.2) is 0 Å². The molecule has 146 valence electrons. The van der Waals surface area contributed by atoms with E-state index in [1.807, 2.05) is 60.7 Å². The topological polar surface area (TPSA) is 58.2 Å². The van der Waals surface area contributed by atoms with Crippen LogP contribution in [0.1, 0.15) is 30.0 Å². The second kappa shape index (κ2) is 7.92. The number of amides is 2. The lowest BCUT2D eigenvalue weighted by molar-refractivity contribution is -0.130. The molecule has 4 nitrogen and oxygen atoms in total. The van der Waals surface area contributed by atoms with Gasteiger partial charge in [0.25, 0.3) is 0 Å². The van der Waals surface area contributed by atoms with Crippen LogP contribution in [0.25, 0.3) is 11.1 Å². The highest BCUT2D eigenvalue weighted by Crippen LogP contribution is 2.49. The monoisotopic (exact) mass is 384 g/mol. The molecule has 1 unspecified atom stereocenters. The van der Waals surface area contributed by atoms with Crippen LogP contribution in [0.4, 0.5) is 0 Å². The first-order valence-corrected chi connectivity index (χ1v) is 9.87. The Labute approximate surface area is 171 Å². The molecule has 0 spiro atoms. The van der Waals surface area contributed by atoms with Crippen molar-refractivity contribution in [3.05, 3.63) is 96.1 Å². The van der Waals surface area contributed by atoms with E-state index in [9.17, 15) is 9.59 Å². The van der Waals surface area contributed by atoms with Crippen molar-refractivity contribution in [2.75, 3.05) is 7.05 Å². The molecule has 0 aliphatic heterocycles. The van der Waals surface area contributed by atoms with E-state index in [1.54, 1.807) is 7.05 Å². The zero-order valence-electron chi connectivity index (χ0n) is 16.4. The molecule has 0 saturated heterocycles. The van der Waals surface area contributed by atoms with Crippen LogP contribution in [-0.2, 0) is 15.0 Å². The van der Waals surface area contributed by atoms with Crippen molar-refractivity contribution in [3.8, 4) is 11.1 Å². The predicted molar refractivity (Wildman–Crippen MR) is 114 cm³/mol. The van der Waals surface area contributed by atoms with Gasteiger partial charge in [0, 0.05) is 7.05 Å². The molecule has 4 rings (SSSR count).